The lowest BCUT2D eigenvalue weighted by atomic mass is 10.1. The summed E-state index contributed by atoms with van der Waals surface area (Å²) in [5, 5.41) is 9.00. The van der Waals surface area contributed by atoms with Gasteiger partial charge in [0.25, 0.3) is 0 Å². The predicted molar refractivity (Wildman–Crippen MR) is 41.9 cm³/mol. The lowest BCUT2D eigenvalue weighted by molar-refractivity contribution is -0.154. The van der Waals surface area contributed by atoms with E-state index < -0.39 is 41.7 Å². The summed E-state index contributed by atoms with van der Waals surface area (Å²) >= 11 is 0. The summed E-state index contributed by atoms with van der Waals surface area (Å²) in [6.45, 7) is 0. The molecule has 1 atom stereocenters. The molecule has 0 aliphatic rings. The molecule has 0 saturated carbocycles. The molecule has 1 rings (SSSR count). The molecule has 0 aliphatic carbocycles. The summed E-state index contributed by atoms with van der Waals surface area (Å²) in [7, 11) is 0. The Morgan fingerprint density at radius 1 is 1.06 bits per heavy atom. The minimum Gasteiger partial charge on any atom is -0.388 e. The van der Waals surface area contributed by atoms with Crippen LogP contribution in [0.2, 0.25) is 0 Å². The molecule has 0 fully saturated rings. The van der Waals surface area contributed by atoms with Gasteiger partial charge in [0, 0.05) is 5.56 Å². The van der Waals surface area contributed by atoms with E-state index in [2.05, 4.69) is 0 Å². The van der Waals surface area contributed by atoms with Crippen molar-refractivity contribution in [3.05, 3.63) is 35.1 Å². The number of aliphatic hydroxyl groups excluding tert-OH is 1. The Labute approximate surface area is 86.3 Å². The topological polar surface area (TPSA) is 20.2 Å². The summed E-state index contributed by atoms with van der Waals surface area (Å²) < 4.78 is 73.6. The Hall–Kier alpha value is -1.24. The highest BCUT2D eigenvalue weighted by atomic mass is 19.4. The second-order valence-electron chi connectivity index (χ2n) is 3.10. The highest BCUT2D eigenvalue weighted by Crippen LogP contribution is 2.31. The van der Waals surface area contributed by atoms with Crippen molar-refractivity contribution in [2.75, 3.05) is 0 Å². The van der Waals surface area contributed by atoms with Gasteiger partial charge >= 0.3 is 6.18 Å². The molecule has 0 heterocycles. The van der Waals surface area contributed by atoms with E-state index in [0.717, 1.165) is 0 Å². The van der Waals surface area contributed by atoms with Gasteiger partial charge in [-0.2, -0.15) is 13.2 Å². The molecule has 0 aromatic heterocycles. The van der Waals surface area contributed by atoms with Crippen LogP contribution in [-0.4, -0.2) is 11.3 Å². The molecule has 0 amide bonds. The third kappa shape index (κ3) is 2.88. The van der Waals surface area contributed by atoms with Crippen molar-refractivity contribution in [2.45, 2.75) is 18.7 Å². The normalized spacial score (nSPS) is 13.9. The number of hydrogen-bond donors (Lipinski definition) is 1. The van der Waals surface area contributed by atoms with Gasteiger partial charge in [0.15, 0.2) is 17.5 Å². The van der Waals surface area contributed by atoms with Crippen LogP contribution in [0.25, 0.3) is 0 Å². The van der Waals surface area contributed by atoms with Crippen LogP contribution in [0.4, 0.5) is 26.3 Å². The van der Waals surface area contributed by atoms with E-state index in [0.29, 0.717) is 12.1 Å². The van der Waals surface area contributed by atoms with Gasteiger partial charge in [0.1, 0.15) is 0 Å². The molecular formula is C9H6F6O. The molecule has 7 heteroatoms. The fraction of sp³-hybridized carbons (Fsp3) is 0.333. The van der Waals surface area contributed by atoms with E-state index >= 15 is 0 Å². The van der Waals surface area contributed by atoms with Gasteiger partial charge in [-0.25, -0.2) is 13.2 Å². The molecule has 0 bridgehead atoms. The summed E-state index contributed by atoms with van der Waals surface area (Å²) in [6, 6.07) is 1.03. The first-order chi connectivity index (χ1) is 7.22. The number of halogens is 6. The van der Waals surface area contributed by atoms with Gasteiger partial charge in [0.05, 0.1) is 12.5 Å². The van der Waals surface area contributed by atoms with Crippen molar-refractivity contribution in [3.63, 3.8) is 0 Å². The number of rotatable bonds is 2. The summed E-state index contributed by atoms with van der Waals surface area (Å²) in [5.74, 6) is -5.24. The third-order valence-electron chi connectivity index (χ3n) is 1.85. The average molecular weight is 244 g/mol. The van der Waals surface area contributed by atoms with Crippen molar-refractivity contribution in [2.24, 2.45) is 0 Å². The molecule has 1 aromatic carbocycles. The smallest absolute Gasteiger partial charge is 0.388 e. The fourth-order valence-corrected chi connectivity index (χ4v) is 1.13. The van der Waals surface area contributed by atoms with Crippen LogP contribution >= 0.6 is 0 Å². The standard InChI is InChI=1S/C9H6F6O/c10-5-2-1-4(7(11)8(5)12)6(16)3-9(13,14)15/h1-2,6,16H,3H2. The van der Waals surface area contributed by atoms with Crippen LogP contribution in [0.3, 0.4) is 0 Å². The Morgan fingerprint density at radius 2 is 1.62 bits per heavy atom. The summed E-state index contributed by atoms with van der Waals surface area (Å²) in [4.78, 5) is 0. The molecule has 0 aliphatic heterocycles. The van der Waals surface area contributed by atoms with Crippen molar-refractivity contribution < 1.29 is 31.4 Å². The maximum absolute atomic E-state index is 12.9. The van der Waals surface area contributed by atoms with Crippen LogP contribution in [0.1, 0.15) is 18.1 Å². The number of alkyl halides is 3. The minimum absolute atomic E-state index is 0.452. The highest BCUT2D eigenvalue weighted by molar-refractivity contribution is 5.22. The monoisotopic (exact) mass is 244 g/mol. The van der Waals surface area contributed by atoms with E-state index in [-0.39, 0.29) is 0 Å². The Balaban J connectivity index is 3.01. The van der Waals surface area contributed by atoms with Crippen LogP contribution in [0.15, 0.2) is 12.1 Å². The van der Waals surface area contributed by atoms with E-state index in [1.165, 1.54) is 0 Å². The van der Waals surface area contributed by atoms with E-state index in [4.69, 9.17) is 5.11 Å². The first-order valence-corrected chi connectivity index (χ1v) is 4.10. The minimum atomic E-state index is -4.73. The summed E-state index contributed by atoms with van der Waals surface area (Å²) in [6.07, 6.45) is -8.71. The summed E-state index contributed by atoms with van der Waals surface area (Å²) in [5.41, 5.74) is -0.920. The van der Waals surface area contributed by atoms with Crippen LogP contribution < -0.4 is 0 Å². The molecule has 0 radical (unpaired) electrons. The molecule has 0 spiro atoms. The van der Waals surface area contributed by atoms with E-state index in [1.807, 2.05) is 0 Å². The number of benzene rings is 1. The lowest BCUT2D eigenvalue weighted by Crippen LogP contribution is -2.15. The molecule has 16 heavy (non-hydrogen) atoms. The van der Waals surface area contributed by atoms with Gasteiger partial charge in [-0.1, -0.05) is 6.07 Å². The Kier molecular flexibility index (Phi) is 3.47. The van der Waals surface area contributed by atoms with Gasteiger partial charge < -0.3 is 5.11 Å². The number of hydrogen-bond acceptors (Lipinski definition) is 1. The van der Waals surface area contributed by atoms with Gasteiger partial charge in [-0.05, 0) is 6.07 Å². The van der Waals surface area contributed by atoms with E-state index in [1.54, 1.807) is 0 Å². The second-order valence-corrected chi connectivity index (χ2v) is 3.10. The van der Waals surface area contributed by atoms with Crippen LogP contribution in [0.5, 0.6) is 0 Å². The van der Waals surface area contributed by atoms with Crippen molar-refractivity contribution >= 4 is 0 Å². The molecule has 1 aromatic rings. The molecule has 90 valence electrons. The lowest BCUT2D eigenvalue weighted by Gasteiger charge is -2.14. The van der Waals surface area contributed by atoms with Crippen molar-refractivity contribution in [1.29, 1.82) is 0 Å². The Morgan fingerprint density at radius 3 is 2.12 bits per heavy atom. The average Bonchev–Trinajstić information content (AvgIpc) is 2.11. The third-order valence-corrected chi connectivity index (χ3v) is 1.85. The quantitative estimate of drug-likeness (QED) is 0.626. The predicted octanol–water partition coefficient (Wildman–Crippen LogP) is 3.09. The second kappa shape index (κ2) is 4.32. The molecule has 1 N–H and O–H groups in total. The fourth-order valence-electron chi connectivity index (χ4n) is 1.13. The zero-order valence-electron chi connectivity index (χ0n) is 7.65. The molecule has 1 unspecified atom stereocenters. The maximum Gasteiger partial charge on any atom is 0.391 e. The molecule has 1 nitrogen and oxygen atoms in total. The van der Waals surface area contributed by atoms with Gasteiger partial charge in [-0.15, -0.1) is 0 Å². The first kappa shape index (κ1) is 12.8. The van der Waals surface area contributed by atoms with Crippen molar-refractivity contribution in [3.8, 4) is 0 Å². The molecule has 0 saturated heterocycles. The van der Waals surface area contributed by atoms with Crippen molar-refractivity contribution in [1.82, 2.24) is 0 Å². The SMILES string of the molecule is OC(CC(F)(F)F)c1ccc(F)c(F)c1F. The highest BCUT2D eigenvalue weighted by Gasteiger charge is 2.33. The van der Waals surface area contributed by atoms with Gasteiger partial charge in [-0.3, -0.25) is 0 Å². The zero-order chi connectivity index (χ0) is 12.5. The Bertz CT molecular complexity index is 386. The van der Waals surface area contributed by atoms with Gasteiger partial charge in [0.2, 0.25) is 0 Å². The number of aliphatic hydroxyl groups is 1. The van der Waals surface area contributed by atoms with Crippen LogP contribution in [-0.2, 0) is 0 Å². The first-order valence-electron chi connectivity index (χ1n) is 4.10. The van der Waals surface area contributed by atoms with E-state index in [9.17, 15) is 26.3 Å². The largest absolute Gasteiger partial charge is 0.391 e. The molecular weight excluding hydrogens is 238 g/mol. The maximum atomic E-state index is 12.9. The van der Waals surface area contributed by atoms with Crippen LogP contribution in [0, 0.1) is 17.5 Å². The zero-order valence-corrected chi connectivity index (χ0v) is 7.65.